The van der Waals surface area contributed by atoms with Gasteiger partial charge in [-0.1, -0.05) is 0 Å². The van der Waals surface area contributed by atoms with Crippen LogP contribution in [0, 0.1) is 0 Å². The summed E-state index contributed by atoms with van der Waals surface area (Å²) in [5, 5.41) is 0. The Morgan fingerprint density at radius 3 is 2.76 bits per heavy atom. The molecule has 0 radical (unpaired) electrons. The highest BCUT2D eigenvalue weighted by molar-refractivity contribution is 5.90. The zero-order valence-corrected chi connectivity index (χ0v) is 9.46. The molecule has 5 nitrogen and oxygen atoms in total. The average molecular weight is 235 g/mol. The Morgan fingerprint density at radius 2 is 2.18 bits per heavy atom. The Labute approximate surface area is 98.9 Å². The summed E-state index contributed by atoms with van der Waals surface area (Å²) in [5.74, 6) is 0. The third-order valence-corrected chi connectivity index (χ3v) is 2.57. The Morgan fingerprint density at radius 1 is 1.47 bits per heavy atom. The van der Waals surface area contributed by atoms with Crippen LogP contribution in [0.2, 0.25) is 0 Å². The van der Waals surface area contributed by atoms with Crippen molar-refractivity contribution in [2.24, 2.45) is 0 Å². The Hall–Kier alpha value is -1.88. The zero-order chi connectivity index (χ0) is 12.3. The highest BCUT2D eigenvalue weighted by Gasteiger charge is 2.32. The number of nitrogens with zero attached hydrogens (tertiary/aromatic N) is 1. The Balaban J connectivity index is 2.11. The molecule has 0 bridgehead atoms. The zero-order valence-electron chi connectivity index (χ0n) is 9.46. The van der Waals surface area contributed by atoms with E-state index in [1.54, 1.807) is 31.4 Å². The van der Waals surface area contributed by atoms with Crippen LogP contribution in [0.4, 0.5) is 10.5 Å². The van der Waals surface area contributed by atoms with Gasteiger partial charge in [0.15, 0.2) is 0 Å². The van der Waals surface area contributed by atoms with Crippen molar-refractivity contribution in [3.8, 4) is 0 Å². The maximum Gasteiger partial charge on any atom is 0.414 e. The maximum atomic E-state index is 11.6. The van der Waals surface area contributed by atoms with Gasteiger partial charge in [-0.25, -0.2) is 4.79 Å². The molecule has 17 heavy (non-hydrogen) atoms. The van der Waals surface area contributed by atoms with Gasteiger partial charge in [0.1, 0.15) is 12.4 Å². The minimum Gasteiger partial charge on any atom is -0.441 e. The van der Waals surface area contributed by atoms with E-state index in [-0.39, 0.29) is 12.2 Å². The van der Waals surface area contributed by atoms with Crippen LogP contribution in [-0.4, -0.2) is 38.7 Å². The second-order valence-electron chi connectivity index (χ2n) is 3.78. The standard InChI is InChI=1S/C12H13NO4/c1-16-8-11-6-13(12(15)17-11)10-4-2-9(7-14)3-5-10/h2-5,7,11H,6,8H2,1H3. The summed E-state index contributed by atoms with van der Waals surface area (Å²) in [6.07, 6.45) is 0.143. The molecule has 1 atom stereocenters. The number of carbonyl (C=O) groups excluding carboxylic acids is 2. The lowest BCUT2D eigenvalue weighted by Crippen LogP contribution is -2.25. The van der Waals surface area contributed by atoms with Crippen molar-refractivity contribution in [2.45, 2.75) is 6.10 Å². The van der Waals surface area contributed by atoms with Gasteiger partial charge < -0.3 is 9.47 Å². The molecule has 0 aromatic heterocycles. The van der Waals surface area contributed by atoms with Gasteiger partial charge in [-0.3, -0.25) is 9.69 Å². The van der Waals surface area contributed by atoms with Crippen LogP contribution in [0.1, 0.15) is 10.4 Å². The van der Waals surface area contributed by atoms with Gasteiger partial charge in [-0.05, 0) is 24.3 Å². The molecule has 1 saturated heterocycles. The van der Waals surface area contributed by atoms with Gasteiger partial charge in [-0.2, -0.15) is 0 Å². The third kappa shape index (κ3) is 2.45. The molecule has 2 rings (SSSR count). The molecular weight excluding hydrogens is 222 g/mol. The first kappa shape index (κ1) is 11.6. The van der Waals surface area contributed by atoms with E-state index in [1.807, 2.05) is 0 Å². The predicted molar refractivity (Wildman–Crippen MR) is 61.3 cm³/mol. The van der Waals surface area contributed by atoms with E-state index >= 15 is 0 Å². The molecule has 0 N–H and O–H groups in total. The van der Waals surface area contributed by atoms with Crippen molar-refractivity contribution < 1.29 is 19.1 Å². The molecule has 1 fully saturated rings. The van der Waals surface area contributed by atoms with Gasteiger partial charge >= 0.3 is 6.09 Å². The number of carbonyl (C=O) groups is 2. The van der Waals surface area contributed by atoms with Crippen LogP contribution in [-0.2, 0) is 9.47 Å². The lowest BCUT2D eigenvalue weighted by atomic mass is 10.2. The smallest absolute Gasteiger partial charge is 0.414 e. The summed E-state index contributed by atoms with van der Waals surface area (Å²) in [7, 11) is 1.56. The van der Waals surface area contributed by atoms with E-state index in [0.717, 1.165) is 12.0 Å². The lowest BCUT2D eigenvalue weighted by Gasteiger charge is -2.12. The monoisotopic (exact) mass is 235 g/mol. The highest BCUT2D eigenvalue weighted by atomic mass is 16.6. The molecule has 90 valence electrons. The maximum absolute atomic E-state index is 11.6. The van der Waals surface area contributed by atoms with Crippen molar-refractivity contribution in [1.29, 1.82) is 0 Å². The molecule has 5 heteroatoms. The van der Waals surface area contributed by atoms with Crippen LogP contribution in [0.15, 0.2) is 24.3 Å². The largest absolute Gasteiger partial charge is 0.441 e. The molecule has 1 unspecified atom stereocenters. The summed E-state index contributed by atoms with van der Waals surface area (Å²) in [6, 6.07) is 6.78. The summed E-state index contributed by atoms with van der Waals surface area (Å²) in [4.78, 5) is 23.6. The van der Waals surface area contributed by atoms with Crippen molar-refractivity contribution >= 4 is 18.1 Å². The lowest BCUT2D eigenvalue weighted by molar-refractivity contribution is 0.0718. The van der Waals surface area contributed by atoms with Crippen LogP contribution in [0.3, 0.4) is 0 Å². The molecule has 1 amide bonds. The minimum atomic E-state index is -0.383. The molecule has 0 aliphatic carbocycles. The van der Waals surface area contributed by atoms with Crippen molar-refractivity contribution in [3.05, 3.63) is 29.8 Å². The van der Waals surface area contributed by atoms with E-state index < -0.39 is 0 Å². The second-order valence-corrected chi connectivity index (χ2v) is 3.78. The van der Waals surface area contributed by atoms with Gasteiger partial charge in [0.25, 0.3) is 0 Å². The first-order valence-electron chi connectivity index (χ1n) is 5.27. The first-order valence-corrected chi connectivity index (χ1v) is 5.27. The van der Waals surface area contributed by atoms with Crippen molar-refractivity contribution in [1.82, 2.24) is 0 Å². The molecule has 1 heterocycles. The van der Waals surface area contributed by atoms with Crippen molar-refractivity contribution in [3.63, 3.8) is 0 Å². The van der Waals surface area contributed by atoms with E-state index in [0.29, 0.717) is 18.7 Å². The summed E-state index contributed by atoms with van der Waals surface area (Å²) in [6.45, 7) is 0.849. The SMILES string of the molecule is COCC1CN(c2ccc(C=O)cc2)C(=O)O1. The number of aldehydes is 1. The minimum absolute atomic E-state index is 0.238. The van der Waals surface area contributed by atoms with Crippen LogP contribution in [0.5, 0.6) is 0 Å². The third-order valence-electron chi connectivity index (χ3n) is 2.57. The quantitative estimate of drug-likeness (QED) is 0.741. The van der Waals surface area contributed by atoms with Crippen LogP contribution in [0.25, 0.3) is 0 Å². The van der Waals surface area contributed by atoms with E-state index in [4.69, 9.17) is 9.47 Å². The first-order chi connectivity index (χ1) is 8.24. The molecule has 1 aromatic rings. The molecule has 1 aliphatic heterocycles. The fraction of sp³-hybridized carbons (Fsp3) is 0.333. The Bertz CT molecular complexity index is 415. The van der Waals surface area contributed by atoms with Crippen molar-refractivity contribution in [2.75, 3.05) is 25.2 Å². The average Bonchev–Trinajstić information content (AvgIpc) is 2.71. The summed E-state index contributed by atoms with van der Waals surface area (Å²) in [5.41, 5.74) is 1.30. The fourth-order valence-electron chi connectivity index (χ4n) is 1.74. The molecule has 1 aromatic carbocycles. The normalized spacial score (nSPS) is 19.2. The number of benzene rings is 1. The number of methoxy groups -OCH3 is 1. The molecule has 0 spiro atoms. The number of amides is 1. The summed E-state index contributed by atoms with van der Waals surface area (Å²) < 4.78 is 10.1. The Kier molecular flexibility index (Phi) is 3.39. The van der Waals surface area contributed by atoms with Gasteiger partial charge in [0, 0.05) is 18.4 Å². The van der Waals surface area contributed by atoms with E-state index in [2.05, 4.69) is 0 Å². The van der Waals surface area contributed by atoms with Gasteiger partial charge in [0.2, 0.25) is 0 Å². The number of hydrogen-bond acceptors (Lipinski definition) is 4. The predicted octanol–water partition coefficient (Wildman–Crippen LogP) is 1.47. The number of ether oxygens (including phenoxy) is 2. The molecule has 0 saturated carbocycles. The van der Waals surface area contributed by atoms with Crippen LogP contribution < -0.4 is 4.90 Å². The topological polar surface area (TPSA) is 55.8 Å². The van der Waals surface area contributed by atoms with Gasteiger partial charge in [0.05, 0.1) is 13.2 Å². The van der Waals surface area contributed by atoms with E-state index in [1.165, 1.54) is 4.90 Å². The highest BCUT2D eigenvalue weighted by Crippen LogP contribution is 2.21. The van der Waals surface area contributed by atoms with E-state index in [9.17, 15) is 9.59 Å². The number of hydrogen-bond donors (Lipinski definition) is 0. The fourth-order valence-corrected chi connectivity index (χ4v) is 1.74. The number of rotatable bonds is 4. The molecule has 1 aliphatic rings. The number of anilines is 1. The summed E-state index contributed by atoms with van der Waals surface area (Å²) >= 11 is 0. The van der Waals surface area contributed by atoms with Crippen LogP contribution >= 0.6 is 0 Å². The molecular formula is C12H13NO4. The second kappa shape index (κ2) is 4.97. The number of cyclic esters (lactones) is 1. The van der Waals surface area contributed by atoms with Gasteiger partial charge in [-0.15, -0.1) is 0 Å².